The molecule has 0 atom stereocenters. The van der Waals surface area contributed by atoms with Crippen LogP contribution in [0.1, 0.15) is 46.0 Å². The minimum absolute atomic E-state index is 0. The number of rotatable bonds is 7. The fraction of sp³-hybridized carbons (Fsp3) is 0.917. The summed E-state index contributed by atoms with van der Waals surface area (Å²) in [4.78, 5) is 6.47. The Balaban J connectivity index is 0. The lowest BCUT2D eigenvalue weighted by Gasteiger charge is -2.21. The third-order valence-electron chi connectivity index (χ3n) is 2.48. The van der Waals surface area contributed by atoms with Crippen LogP contribution in [0.5, 0.6) is 0 Å². The Hall–Kier alpha value is 0. The number of halogens is 1. The molecule has 0 radical (unpaired) electrons. The highest BCUT2D eigenvalue weighted by Gasteiger charge is 2.03. The third kappa shape index (κ3) is 9.24. The summed E-state index contributed by atoms with van der Waals surface area (Å²) in [5, 5.41) is 3.39. The lowest BCUT2D eigenvalue weighted by Crippen LogP contribution is -2.39. The number of aliphatic imine (C=N–C) groups is 1. The summed E-state index contributed by atoms with van der Waals surface area (Å²) in [7, 11) is 3.95. The summed E-state index contributed by atoms with van der Waals surface area (Å²) in [6.07, 6.45) is 6.26. The summed E-state index contributed by atoms with van der Waals surface area (Å²) >= 11 is 0. The molecule has 16 heavy (non-hydrogen) atoms. The van der Waals surface area contributed by atoms with Crippen LogP contribution in [0.3, 0.4) is 0 Å². The largest absolute Gasteiger partial charge is 0.356 e. The average Bonchev–Trinajstić information content (AvgIpc) is 2.26. The molecule has 0 aromatic carbocycles. The molecule has 0 aliphatic rings. The van der Waals surface area contributed by atoms with Gasteiger partial charge in [0.2, 0.25) is 0 Å². The van der Waals surface area contributed by atoms with Gasteiger partial charge in [-0.25, -0.2) is 0 Å². The zero-order valence-electron chi connectivity index (χ0n) is 11.3. The molecule has 0 rings (SSSR count). The topological polar surface area (TPSA) is 27.6 Å². The van der Waals surface area contributed by atoms with Crippen molar-refractivity contribution in [3.05, 3.63) is 0 Å². The first kappa shape index (κ1) is 18.4. The second kappa shape index (κ2) is 13.1. The fourth-order valence-electron chi connectivity index (χ4n) is 1.46. The van der Waals surface area contributed by atoms with Crippen LogP contribution in [0, 0.1) is 0 Å². The number of hydrogen-bond acceptors (Lipinski definition) is 1. The molecule has 0 amide bonds. The molecule has 0 aliphatic carbocycles. The van der Waals surface area contributed by atoms with Gasteiger partial charge in [0.15, 0.2) is 5.96 Å². The van der Waals surface area contributed by atoms with E-state index in [1.165, 1.54) is 32.1 Å². The van der Waals surface area contributed by atoms with Crippen molar-refractivity contribution in [3.63, 3.8) is 0 Å². The fourth-order valence-corrected chi connectivity index (χ4v) is 1.46. The van der Waals surface area contributed by atoms with Gasteiger partial charge in [-0.3, -0.25) is 4.99 Å². The van der Waals surface area contributed by atoms with Crippen LogP contribution in [0.15, 0.2) is 4.99 Å². The number of hydrogen-bond donors (Lipinski definition) is 1. The molecule has 0 spiro atoms. The van der Waals surface area contributed by atoms with E-state index in [1.54, 1.807) is 0 Å². The second-order valence-electron chi connectivity index (χ2n) is 3.96. The van der Waals surface area contributed by atoms with Crippen LogP contribution in [-0.2, 0) is 0 Å². The maximum Gasteiger partial charge on any atom is 0.193 e. The molecule has 0 saturated carbocycles. The Morgan fingerprint density at radius 3 is 2.25 bits per heavy atom. The summed E-state index contributed by atoms with van der Waals surface area (Å²) in [5.74, 6) is 1.03. The van der Waals surface area contributed by atoms with E-state index in [-0.39, 0.29) is 24.0 Å². The Kier molecular flexibility index (Phi) is 15.0. The molecular weight excluding hydrogens is 313 g/mol. The van der Waals surface area contributed by atoms with E-state index in [4.69, 9.17) is 0 Å². The van der Waals surface area contributed by atoms with Gasteiger partial charge in [0, 0.05) is 27.2 Å². The molecule has 4 heteroatoms. The smallest absolute Gasteiger partial charge is 0.193 e. The SMILES string of the molecule is CCCCCNC(=NC)N(C)CCCC.I. The van der Waals surface area contributed by atoms with Crippen LogP contribution in [-0.4, -0.2) is 38.0 Å². The minimum atomic E-state index is 0. The number of nitrogens with one attached hydrogen (secondary N) is 1. The van der Waals surface area contributed by atoms with Crippen LogP contribution in [0.25, 0.3) is 0 Å². The summed E-state index contributed by atoms with van der Waals surface area (Å²) in [6, 6.07) is 0. The maximum absolute atomic E-state index is 4.27. The molecule has 0 aliphatic heterocycles. The van der Waals surface area contributed by atoms with Crippen LogP contribution in [0.4, 0.5) is 0 Å². The summed E-state index contributed by atoms with van der Waals surface area (Å²) in [5.41, 5.74) is 0. The number of guanidine groups is 1. The normalized spacial score (nSPS) is 10.9. The highest BCUT2D eigenvalue weighted by molar-refractivity contribution is 14.0. The zero-order valence-corrected chi connectivity index (χ0v) is 13.6. The first-order valence-corrected chi connectivity index (χ1v) is 6.18. The second-order valence-corrected chi connectivity index (χ2v) is 3.96. The molecule has 3 nitrogen and oxygen atoms in total. The van der Waals surface area contributed by atoms with Gasteiger partial charge < -0.3 is 10.2 Å². The standard InChI is InChI=1S/C12H27N3.HI/c1-5-7-9-10-14-12(13-3)15(4)11-8-6-2;/h5-11H2,1-4H3,(H,13,14);1H. The van der Waals surface area contributed by atoms with Gasteiger partial charge in [0.25, 0.3) is 0 Å². The lowest BCUT2D eigenvalue weighted by molar-refractivity contribution is 0.463. The minimum Gasteiger partial charge on any atom is -0.356 e. The molecule has 98 valence electrons. The van der Waals surface area contributed by atoms with Gasteiger partial charge in [-0.1, -0.05) is 33.1 Å². The highest BCUT2D eigenvalue weighted by atomic mass is 127. The first-order valence-electron chi connectivity index (χ1n) is 6.18. The molecule has 0 aromatic heterocycles. The maximum atomic E-state index is 4.27. The Morgan fingerprint density at radius 1 is 1.12 bits per heavy atom. The third-order valence-corrected chi connectivity index (χ3v) is 2.48. The van der Waals surface area contributed by atoms with Crippen LogP contribution in [0.2, 0.25) is 0 Å². The van der Waals surface area contributed by atoms with E-state index in [0.717, 1.165) is 19.0 Å². The quantitative estimate of drug-likeness (QED) is 0.334. The van der Waals surface area contributed by atoms with Crippen molar-refractivity contribution < 1.29 is 0 Å². The monoisotopic (exact) mass is 341 g/mol. The van der Waals surface area contributed by atoms with E-state index in [2.05, 4.69) is 36.1 Å². The van der Waals surface area contributed by atoms with Crippen molar-refractivity contribution in [1.82, 2.24) is 10.2 Å². The van der Waals surface area contributed by atoms with Gasteiger partial charge in [0.1, 0.15) is 0 Å². The molecule has 0 heterocycles. The molecular formula is C12H28IN3. The number of nitrogens with zero attached hydrogens (tertiary/aromatic N) is 2. The zero-order chi connectivity index (χ0) is 11.5. The van der Waals surface area contributed by atoms with Gasteiger partial charge >= 0.3 is 0 Å². The molecule has 0 unspecified atom stereocenters. The van der Waals surface area contributed by atoms with E-state index >= 15 is 0 Å². The first-order chi connectivity index (χ1) is 7.26. The van der Waals surface area contributed by atoms with Crippen LogP contribution < -0.4 is 5.32 Å². The Bertz CT molecular complexity index is 172. The van der Waals surface area contributed by atoms with Gasteiger partial charge in [-0.15, -0.1) is 24.0 Å². The van der Waals surface area contributed by atoms with Crippen molar-refractivity contribution in [2.45, 2.75) is 46.0 Å². The number of unbranched alkanes of at least 4 members (excludes halogenated alkanes) is 3. The predicted molar refractivity (Wildman–Crippen MR) is 83.8 cm³/mol. The van der Waals surface area contributed by atoms with Crippen molar-refractivity contribution >= 4 is 29.9 Å². The Labute approximate surface area is 118 Å². The molecule has 1 N–H and O–H groups in total. The predicted octanol–water partition coefficient (Wildman–Crippen LogP) is 3.10. The van der Waals surface area contributed by atoms with Crippen molar-refractivity contribution in [2.75, 3.05) is 27.2 Å². The Morgan fingerprint density at radius 2 is 1.75 bits per heavy atom. The van der Waals surface area contributed by atoms with E-state index in [9.17, 15) is 0 Å². The van der Waals surface area contributed by atoms with Crippen LogP contribution >= 0.6 is 24.0 Å². The summed E-state index contributed by atoms with van der Waals surface area (Å²) in [6.45, 7) is 6.56. The van der Waals surface area contributed by atoms with Gasteiger partial charge in [-0.05, 0) is 12.8 Å². The molecule has 0 bridgehead atoms. The molecule has 0 saturated heterocycles. The molecule has 0 fully saturated rings. The molecule has 0 aromatic rings. The van der Waals surface area contributed by atoms with Crippen molar-refractivity contribution in [1.29, 1.82) is 0 Å². The van der Waals surface area contributed by atoms with Gasteiger partial charge in [-0.2, -0.15) is 0 Å². The van der Waals surface area contributed by atoms with E-state index in [0.29, 0.717) is 0 Å². The highest BCUT2D eigenvalue weighted by Crippen LogP contribution is 1.94. The van der Waals surface area contributed by atoms with Crippen molar-refractivity contribution in [3.8, 4) is 0 Å². The van der Waals surface area contributed by atoms with Gasteiger partial charge in [0.05, 0.1) is 0 Å². The average molecular weight is 341 g/mol. The van der Waals surface area contributed by atoms with E-state index in [1.807, 2.05) is 7.05 Å². The summed E-state index contributed by atoms with van der Waals surface area (Å²) < 4.78 is 0. The lowest BCUT2D eigenvalue weighted by atomic mass is 10.2. The van der Waals surface area contributed by atoms with E-state index < -0.39 is 0 Å². The van der Waals surface area contributed by atoms with Crippen molar-refractivity contribution in [2.24, 2.45) is 4.99 Å².